The minimum atomic E-state index is -0.307. The van der Waals surface area contributed by atoms with Gasteiger partial charge in [-0.3, -0.25) is 4.79 Å². The maximum Gasteiger partial charge on any atom is 0.315 e. The molecule has 0 saturated carbocycles. The first-order valence-corrected chi connectivity index (χ1v) is 9.07. The molecule has 1 aromatic heterocycles. The van der Waals surface area contributed by atoms with Crippen LogP contribution in [0.2, 0.25) is 0 Å². The summed E-state index contributed by atoms with van der Waals surface area (Å²) < 4.78 is 6.22. The Kier molecular flexibility index (Phi) is 4.76. The van der Waals surface area contributed by atoms with Crippen molar-refractivity contribution in [1.29, 1.82) is 0 Å². The Morgan fingerprint density at radius 2 is 2.12 bits per heavy atom. The number of aromatic nitrogens is 2. The van der Waals surface area contributed by atoms with Crippen LogP contribution in [-0.2, 0) is 11.8 Å². The highest BCUT2D eigenvalue weighted by atomic mass is 79.9. The Morgan fingerprint density at radius 1 is 1.33 bits per heavy atom. The molecule has 0 radical (unpaired) electrons. The van der Waals surface area contributed by atoms with Crippen LogP contribution in [0.25, 0.3) is 0 Å². The minimum Gasteiger partial charge on any atom is -0.341 e. The molecule has 0 bridgehead atoms. The zero-order chi connectivity index (χ0) is 17.3. The average molecular weight is 392 g/mol. The van der Waals surface area contributed by atoms with E-state index < -0.39 is 0 Å². The number of nitrogens with zero attached hydrogens (tertiary/aromatic N) is 2. The van der Waals surface area contributed by atoms with Gasteiger partial charge in [-0.15, -0.1) is 0 Å². The molecule has 1 atom stereocenters. The Bertz CT molecular complexity index is 749. The van der Waals surface area contributed by atoms with E-state index in [1.54, 1.807) is 0 Å². The highest BCUT2D eigenvalue weighted by molar-refractivity contribution is 9.10. The van der Waals surface area contributed by atoms with Gasteiger partial charge in [-0.05, 0) is 42.5 Å². The van der Waals surface area contributed by atoms with Crippen LogP contribution < -0.4 is 5.32 Å². The van der Waals surface area contributed by atoms with Crippen molar-refractivity contribution in [2.45, 2.75) is 57.9 Å². The molecule has 1 N–H and O–H groups in total. The van der Waals surface area contributed by atoms with Gasteiger partial charge in [0.05, 0.1) is 6.04 Å². The highest BCUT2D eigenvalue weighted by Crippen LogP contribution is 2.31. The van der Waals surface area contributed by atoms with Crippen LogP contribution in [0.5, 0.6) is 0 Å². The molecule has 0 aliphatic heterocycles. The predicted octanol–water partition coefficient (Wildman–Crippen LogP) is 4.33. The number of rotatable bonds is 2. The Balaban J connectivity index is 1.81. The summed E-state index contributed by atoms with van der Waals surface area (Å²) in [6, 6.07) is 6.23. The third kappa shape index (κ3) is 3.69. The summed E-state index contributed by atoms with van der Waals surface area (Å²) in [5.74, 6) is 0.263. The number of hydrogen-bond donors (Lipinski definition) is 1. The molecule has 3 rings (SSSR count). The second-order valence-corrected chi connectivity index (χ2v) is 8.20. The maximum absolute atomic E-state index is 12.5. The van der Waals surface area contributed by atoms with E-state index in [4.69, 9.17) is 4.52 Å². The first-order valence-electron chi connectivity index (χ1n) is 8.28. The van der Waals surface area contributed by atoms with Crippen LogP contribution in [0.4, 0.5) is 0 Å². The molecule has 1 aliphatic carbocycles. The summed E-state index contributed by atoms with van der Waals surface area (Å²) in [7, 11) is 0. The Hall–Kier alpha value is -1.69. The standard InChI is InChI=1S/C18H22BrN3O2/c1-18(2,3)17-21-16(24-22-17)15(23)20-14-7-5-4-6-11-10-12(19)8-9-13(11)14/h8-10,14H,4-7H2,1-3H3,(H,20,23). The molecule has 1 heterocycles. The summed E-state index contributed by atoms with van der Waals surface area (Å²) in [6.07, 6.45) is 4.16. The number of benzene rings is 1. The smallest absolute Gasteiger partial charge is 0.315 e. The average Bonchev–Trinajstić information content (AvgIpc) is 2.93. The van der Waals surface area contributed by atoms with E-state index in [9.17, 15) is 4.79 Å². The highest BCUT2D eigenvalue weighted by Gasteiger charge is 2.26. The van der Waals surface area contributed by atoms with E-state index >= 15 is 0 Å². The molecule has 1 amide bonds. The Morgan fingerprint density at radius 3 is 2.83 bits per heavy atom. The molecule has 6 heteroatoms. The van der Waals surface area contributed by atoms with Crippen LogP contribution in [-0.4, -0.2) is 16.0 Å². The first kappa shape index (κ1) is 17.1. The predicted molar refractivity (Wildman–Crippen MR) is 94.9 cm³/mol. The molecule has 0 fully saturated rings. The molecule has 0 spiro atoms. The van der Waals surface area contributed by atoms with Crippen LogP contribution >= 0.6 is 15.9 Å². The summed E-state index contributed by atoms with van der Waals surface area (Å²) in [5.41, 5.74) is 2.22. The van der Waals surface area contributed by atoms with Crippen molar-refractivity contribution < 1.29 is 9.32 Å². The van der Waals surface area contributed by atoms with Crippen molar-refractivity contribution in [1.82, 2.24) is 15.5 Å². The second kappa shape index (κ2) is 6.67. The van der Waals surface area contributed by atoms with Gasteiger partial charge in [-0.25, -0.2) is 0 Å². The van der Waals surface area contributed by atoms with Gasteiger partial charge in [0, 0.05) is 9.89 Å². The number of halogens is 1. The molecular weight excluding hydrogens is 370 g/mol. The van der Waals surface area contributed by atoms with Crippen molar-refractivity contribution in [2.75, 3.05) is 0 Å². The van der Waals surface area contributed by atoms with Gasteiger partial charge >= 0.3 is 11.8 Å². The van der Waals surface area contributed by atoms with E-state index in [1.807, 2.05) is 26.8 Å². The normalized spacial score (nSPS) is 17.9. The lowest BCUT2D eigenvalue weighted by Gasteiger charge is -2.18. The summed E-state index contributed by atoms with van der Waals surface area (Å²) in [5, 5.41) is 6.99. The van der Waals surface area contributed by atoms with Crippen LogP contribution in [0, 0.1) is 0 Å². The minimum absolute atomic E-state index is 0.0203. The van der Waals surface area contributed by atoms with Gasteiger partial charge in [-0.2, -0.15) is 4.98 Å². The topological polar surface area (TPSA) is 68.0 Å². The molecule has 1 aromatic carbocycles. The summed E-state index contributed by atoms with van der Waals surface area (Å²) >= 11 is 3.52. The number of amides is 1. The number of hydrogen-bond acceptors (Lipinski definition) is 4. The summed E-state index contributed by atoms with van der Waals surface area (Å²) in [6.45, 7) is 5.96. The van der Waals surface area contributed by atoms with Crippen molar-refractivity contribution in [3.05, 3.63) is 45.5 Å². The third-order valence-corrected chi connectivity index (χ3v) is 4.76. The van der Waals surface area contributed by atoms with E-state index in [2.05, 4.69) is 43.5 Å². The lowest BCUT2D eigenvalue weighted by Crippen LogP contribution is -2.29. The van der Waals surface area contributed by atoms with Crippen molar-refractivity contribution >= 4 is 21.8 Å². The van der Waals surface area contributed by atoms with E-state index in [1.165, 1.54) is 11.1 Å². The molecule has 1 aliphatic rings. The lowest BCUT2D eigenvalue weighted by molar-refractivity contribution is 0.0890. The fourth-order valence-electron chi connectivity index (χ4n) is 2.94. The zero-order valence-corrected chi connectivity index (χ0v) is 15.8. The van der Waals surface area contributed by atoms with Crippen molar-refractivity contribution in [2.24, 2.45) is 0 Å². The van der Waals surface area contributed by atoms with Crippen LogP contribution in [0.15, 0.2) is 27.2 Å². The van der Waals surface area contributed by atoms with Crippen molar-refractivity contribution in [3.63, 3.8) is 0 Å². The van der Waals surface area contributed by atoms with Gasteiger partial charge in [0.15, 0.2) is 5.82 Å². The van der Waals surface area contributed by atoms with E-state index in [-0.39, 0.29) is 23.3 Å². The van der Waals surface area contributed by atoms with E-state index in [0.29, 0.717) is 5.82 Å². The molecule has 128 valence electrons. The van der Waals surface area contributed by atoms with Gasteiger partial charge in [0.2, 0.25) is 0 Å². The van der Waals surface area contributed by atoms with Crippen LogP contribution in [0.1, 0.15) is 73.7 Å². The summed E-state index contributed by atoms with van der Waals surface area (Å²) in [4.78, 5) is 16.8. The number of carbonyl (C=O) groups excluding carboxylic acids is 1. The Labute approximate surface area is 150 Å². The van der Waals surface area contributed by atoms with Crippen LogP contribution in [0.3, 0.4) is 0 Å². The number of fused-ring (bicyclic) bond motifs is 1. The largest absolute Gasteiger partial charge is 0.341 e. The van der Waals surface area contributed by atoms with Gasteiger partial charge in [0.1, 0.15) is 0 Å². The number of nitrogens with one attached hydrogen (secondary N) is 1. The SMILES string of the molecule is CC(C)(C)c1noc(C(=O)NC2CCCCc3cc(Br)ccc32)n1. The van der Waals surface area contributed by atoms with Gasteiger partial charge in [0.25, 0.3) is 0 Å². The fraction of sp³-hybridized carbons (Fsp3) is 0.500. The molecule has 1 unspecified atom stereocenters. The van der Waals surface area contributed by atoms with Gasteiger partial charge < -0.3 is 9.84 Å². The molecule has 0 saturated heterocycles. The zero-order valence-electron chi connectivity index (χ0n) is 14.2. The monoisotopic (exact) mass is 391 g/mol. The number of aryl methyl sites for hydroxylation is 1. The molecule has 5 nitrogen and oxygen atoms in total. The quantitative estimate of drug-likeness (QED) is 0.773. The lowest BCUT2D eigenvalue weighted by atomic mass is 9.96. The second-order valence-electron chi connectivity index (χ2n) is 7.29. The molecular formula is C18H22BrN3O2. The molecule has 24 heavy (non-hydrogen) atoms. The fourth-order valence-corrected chi connectivity index (χ4v) is 3.35. The third-order valence-electron chi connectivity index (χ3n) is 4.27. The van der Waals surface area contributed by atoms with E-state index in [0.717, 1.165) is 30.2 Å². The van der Waals surface area contributed by atoms with Gasteiger partial charge in [-0.1, -0.05) is 54.3 Å². The maximum atomic E-state index is 12.5. The molecule has 2 aromatic rings. The number of carbonyl (C=O) groups is 1. The first-order chi connectivity index (χ1) is 11.3. The van der Waals surface area contributed by atoms with Crippen molar-refractivity contribution in [3.8, 4) is 0 Å².